The highest BCUT2D eigenvalue weighted by Crippen LogP contribution is 2.29. The predicted octanol–water partition coefficient (Wildman–Crippen LogP) is 3.33. The van der Waals surface area contributed by atoms with Crippen LogP contribution in [0.25, 0.3) is 0 Å². The monoisotopic (exact) mass is 283 g/mol. The van der Waals surface area contributed by atoms with E-state index in [0.29, 0.717) is 6.29 Å². The highest BCUT2D eigenvalue weighted by molar-refractivity contribution is 9.10. The lowest BCUT2D eigenvalue weighted by atomic mass is 10.1. The van der Waals surface area contributed by atoms with Crippen LogP contribution in [0.1, 0.15) is 28.0 Å². The van der Waals surface area contributed by atoms with Crippen LogP contribution in [0.5, 0.6) is 0 Å². The fourth-order valence-electron chi connectivity index (χ4n) is 0.958. The number of carbonyl (C=O) groups is 1. The molecule has 14 heavy (non-hydrogen) atoms. The van der Waals surface area contributed by atoms with Gasteiger partial charge in [0.25, 0.3) is 6.43 Å². The van der Waals surface area contributed by atoms with Crippen molar-refractivity contribution >= 4 is 33.8 Å². The quantitative estimate of drug-likeness (QED) is 0.629. The minimum absolute atomic E-state index is 0.116. The van der Waals surface area contributed by atoms with Gasteiger partial charge in [-0.3, -0.25) is 9.78 Å². The first kappa shape index (κ1) is 11.5. The fourth-order valence-corrected chi connectivity index (χ4v) is 1.93. The van der Waals surface area contributed by atoms with E-state index in [1.54, 1.807) is 0 Å². The van der Waals surface area contributed by atoms with Crippen molar-refractivity contribution in [2.45, 2.75) is 12.3 Å². The molecule has 76 valence electrons. The second kappa shape index (κ2) is 4.79. The number of carbonyl (C=O) groups excluding carboxylic acids is 1. The maximum atomic E-state index is 12.4. The maximum Gasteiger partial charge on any atom is 0.280 e. The normalized spacial score (nSPS) is 10.6. The molecule has 0 N–H and O–H groups in total. The van der Waals surface area contributed by atoms with Gasteiger partial charge in [0.2, 0.25) is 0 Å². The molecule has 0 radical (unpaired) electrons. The zero-order valence-corrected chi connectivity index (χ0v) is 9.15. The van der Waals surface area contributed by atoms with E-state index >= 15 is 0 Å². The summed E-state index contributed by atoms with van der Waals surface area (Å²) in [6, 6.07) is 0. The lowest BCUT2D eigenvalue weighted by Gasteiger charge is -2.08. The molecule has 0 aromatic carbocycles. The van der Waals surface area contributed by atoms with Gasteiger partial charge in [0.15, 0.2) is 6.29 Å². The Labute approximate surface area is 92.4 Å². The van der Waals surface area contributed by atoms with E-state index < -0.39 is 12.1 Å². The van der Waals surface area contributed by atoms with Crippen LogP contribution >= 0.6 is 27.5 Å². The van der Waals surface area contributed by atoms with Crippen molar-refractivity contribution in [3.05, 3.63) is 27.5 Å². The Balaban J connectivity index is 3.35. The van der Waals surface area contributed by atoms with Gasteiger partial charge < -0.3 is 0 Å². The average molecular weight is 284 g/mol. The molecular formula is C8H5BrClF2NO. The van der Waals surface area contributed by atoms with Crippen molar-refractivity contribution < 1.29 is 13.6 Å². The van der Waals surface area contributed by atoms with E-state index in [-0.39, 0.29) is 21.5 Å². The predicted molar refractivity (Wildman–Crippen MR) is 51.8 cm³/mol. The summed E-state index contributed by atoms with van der Waals surface area (Å²) < 4.78 is 25.1. The molecule has 0 fully saturated rings. The fraction of sp³-hybridized carbons (Fsp3) is 0.250. The smallest absolute Gasteiger partial charge is 0.280 e. The van der Waals surface area contributed by atoms with Gasteiger partial charge in [-0.05, 0) is 15.9 Å². The molecule has 0 aliphatic rings. The van der Waals surface area contributed by atoms with Crippen LogP contribution in [0.4, 0.5) is 8.78 Å². The van der Waals surface area contributed by atoms with E-state index in [9.17, 15) is 13.6 Å². The van der Waals surface area contributed by atoms with Crippen LogP contribution in [0, 0.1) is 0 Å². The number of hydrogen-bond donors (Lipinski definition) is 0. The topological polar surface area (TPSA) is 30.0 Å². The zero-order valence-electron chi connectivity index (χ0n) is 6.81. The third-order valence-electron chi connectivity index (χ3n) is 1.64. The van der Waals surface area contributed by atoms with Crippen molar-refractivity contribution in [1.82, 2.24) is 4.98 Å². The molecule has 1 aromatic rings. The summed E-state index contributed by atoms with van der Waals surface area (Å²) in [5.41, 5.74) is -0.0196. The molecule has 0 aliphatic heterocycles. The van der Waals surface area contributed by atoms with Crippen LogP contribution in [0.3, 0.4) is 0 Å². The number of hydrogen-bond acceptors (Lipinski definition) is 2. The van der Waals surface area contributed by atoms with Crippen LogP contribution in [-0.2, 0) is 5.88 Å². The Morgan fingerprint density at radius 2 is 2.29 bits per heavy atom. The highest BCUT2D eigenvalue weighted by atomic mass is 79.9. The Hall–Kier alpha value is -0.550. The van der Waals surface area contributed by atoms with Crippen molar-refractivity contribution in [1.29, 1.82) is 0 Å². The number of alkyl halides is 3. The molecule has 2 nitrogen and oxygen atoms in total. The lowest BCUT2D eigenvalue weighted by Crippen LogP contribution is -2.00. The van der Waals surface area contributed by atoms with Gasteiger partial charge in [0, 0.05) is 21.8 Å². The molecule has 0 bridgehead atoms. The summed E-state index contributed by atoms with van der Waals surface area (Å²) in [6.07, 6.45) is -1.07. The van der Waals surface area contributed by atoms with Crippen LogP contribution in [0.2, 0.25) is 0 Å². The van der Waals surface area contributed by atoms with E-state index in [1.807, 2.05) is 0 Å². The molecule has 0 saturated heterocycles. The van der Waals surface area contributed by atoms with Crippen molar-refractivity contribution in [2.75, 3.05) is 0 Å². The molecule has 1 aromatic heterocycles. The Morgan fingerprint density at radius 1 is 1.64 bits per heavy atom. The number of aromatic nitrogens is 1. The molecule has 0 spiro atoms. The number of pyridine rings is 1. The third-order valence-corrected chi connectivity index (χ3v) is 2.84. The Bertz CT molecular complexity index is 359. The summed E-state index contributed by atoms with van der Waals surface area (Å²) in [5, 5.41) is 0. The molecule has 0 saturated carbocycles. The van der Waals surface area contributed by atoms with Gasteiger partial charge in [-0.15, -0.1) is 11.6 Å². The van der Waals surface area contributed by atoms with E-state index in [1.165, 1.54) is 0 Å². The van der Waals surface area contributed by atoms with Gasteiger partial charge in [-0.1, -0.05) is 0 Å². The molecule has 1 heterocycles. The first-order valence-corrected chi connectivity index (χ1v) is 4.91. The van der Waals surface area contributed by atoms with E-state index in [0.717, 1.165) is 6.20 Å². The average Bonchev–Trinajstić information content (AvgIpc) is 2.17. The number of nitrogens with zero attached hydrogens (tertiary/aromatic N) is 1. The number of aldehydes is 1. The van der Waals surface area contributed by atoms with Crippen molar-refractivity contribution in [3.8, 4) is 0 Å². The van der Waals surface area contributed by atoms with Gasteiger partial charge >= 0.3 is 0 Å². The second-order valence-electron chi connectivity index (χ2n) is 2.44. The minimum atomic E-state index is -2.69. The minimum Gasteiger partial charge on any atom is -0.298 e. The van der Waals surface area contributed by atoms with Gasteiger partial charge in [-0.25, -0.2) is 8.78 Å². The number of halogens is 4. The van der Waals surface area contributed by atoms with E-state index in [2.05, 4.69) is 20.9 Å². The van der Waals surface area contributed by atoms with Gasteiger partial charge in [0.1, 0.15) is 5.69 Å². The first-order valence-electron chi connectivity index (χ1n) is 3.58. The summed E-state index contributed by atoms with van der Waals surface area (Å²) in [6.45, 7) is 0. The first-order chi connectivity index (χ1) is 6.61. The van der Waals surface area contributed by atoms with Crippen LogP contribution < -0.4 is 0 Å². The molecule has 0 amide bonds. The second-order valence-corrected chi connectivity index (χ2v) is 3.50. The van der Waals surface area contributed by atoms with Gasteiger partial charge in [-0.2, -0.15) is 0 Å². The SMILES string of the molecule is O=Cc1cnc(C(F)F)c(CCl)c1Br. The molecular weight excluding hydrogens is 279 g/mol. The molecule has 0 aliphatic carbocycles. The molecule has 0 atom stereocenters. The van der Waals surface area contributed by atoms with Gasteiger partial charge in [0.05, 0.1) is 5.88 Å². The summed E-state index contributed by atoms with van der Waals surface area (Å²) >= 11 is 8.52. The summed E-state index contributed by atoms with van der Waals surface area (Å²) in [7, 11) is 0. The molecule has 1 rings (SSSR count). The van der Waals surface area contributed by atoms with Crippen LogP contribution in [0.15, 0.2) is 10.7 Å². The zero-order chi connectivity index (χ0) is 10.7. The van der Waals surface area contributed by atoms with Crippen LogP contribution in [-0.4, -0.2) is 11.3 Å². The Morgan fingerprint density at radius 3 is 2.71 bits per heavy atom. The lowest BCUT2D eigenvalue weighted by molar-refractivity contribution is 0.112. The third kappa shape index (κ3) is 2.09. The standard InChI is InChI=1S/C8H5BrClF2NO/c9-6-4(3-14)2-13-7(8(11)12)5(6)1-10/h2-3,8H,1H2. The molecule has 0 unspecified atom stereocenters. The molecule has 6 heteroatoms. The van der Waals surface area contributed by atoms with Crippen molar-refractivity contribution in [2.24, 2.45) is 0 Å². The number of rotatable bonds is 3. The Kier molecular flexibility index (Phi) is 3.95. The van der Waals surface area contributed by atoms with Crippen molar-refractivity contribution in [3.63, 3.8) is 0 Å². The van der Waals surface area contributed by atoms with E-state index in [4.69, 9.17) is 11.6 Å². The largest absolute Gasteiger partial charge is 0.298 e. The highest BCUT2D eigenvalue weighted by Gasteiger charge is 2.18. The summed E-state index contributed by atoms with van der Waals surface area (Å²) in [5.74, 6) is -0.116. The summed E-state index contributed by atoms with van der Waals surface area (Å²) in [4.78, 5) is 14.0. The maximum absolute atomic E-state index is 12.4.